The molecule has 18 aromatic rings. The SMILES string of the molecule is c1ccc(-c2cc(-c3ccc(-c4c5ccccc5c(-c5cc(-c6ccccc6)c6ccccc6c5)c5ccccc45)c4c3oc3ccccc34)c3ccccc3c2-c2c3ccccc3c(-c3cccc4oc5ccccc5c34)c3ccccc23)cc1. The molecule has 2 aromatic heterocycles. The van der Waals surface area contributed by atoms with Gasteiger partial charge in [-0.2, -0.15) is 0 Å². The third kappa shape index (κ3) is 7.20. The molecule has 2 heterocycles. The van der Waals surface area contributed by atoms with Crippen molar-refractivity contribution >= 4 is 109 Å². The number of furan rings is 2. The van der Waals surface area contributed by atoms with Gasteiger partial charge in [-0.15, -0.1) is 0 Å². The number of hydrogen-bond donors (Lipinski definition) is 0. The minimum Gasteiger partial charge on any atom is -0.456 e. The van der Waals surface area contributed by atoms with Crippen molar-refractivity contribution in [3.05, 3.63) is 303 Å². The first-order valence-electron chi connectivity index (χ1n) is 29.6. The van der Waals surface area contributed by atoms with Gasteiger partial charge >= 0.3 is 0 Å². The van der Waals surface area contributed by atoms with E-state index >= 15 is 0 Å². The first-order chi connectivity index (χ1) is 42.7. The monoisotopic (exact) mass is 1090 g/mol. The van der Waals surface area contributed by atoms with E-state index in [1.54, 1.807) is 0 Å². The highest BCUT2D eigenvalue weighted by molar-refractivity contribution is 6.31. The smallest absolute Gasteiger partial charge is 0.143 e. The zero-order chi connectivity index (χ0) is 56.4. The van der Waals surface area contributed by atoms with E-state index in [-0.39, 0.29) is 0 Å². The van der Waals surface area contributed by atoms with Gasteiger partial charge in [-0.1, -0.05) is 261 Å². The van der Waals surface area contributed by atoms with E-state index in [1.165, 1.54) is 104 Å². The van der Waals surface area contributed by atoms with Gasteiger partial charge in [0.2, 0.25) is 0 Å². The molecule has 0 radical (unpaired) electrons. The number of rotatable bonds is 7. The molecule has 0 aliphatic heterocycles. The lowest BCUT2D eigenvalue weighted by Crippen LogP contribution is -1.96. The van der Waals surface area contributed by atoms with Gasteiger partial charge in [0.05, 0.1) is 0 Å². The predicted octanol–water partition coefficient (Wildman–Crippen LogP) is 24.1. The summed E-state index contributed by atoms with van der Waals surface area (Å²) in [5.41, 5.74) is 19.9. The lowest BCUT2D eigenvalue weighted by molar-refractivity contribution is 0.669. The van der Waals surface area contributed by atoms with Crippen molar-refractivity contribution in [2.24, 2.45) is 0 Å². The highest BCUT2D eigenvalue weighted by atomic mass is 16.3. The van der Waals surface area contributed by atoms with E-state index in [9.17, 15) is 0 Å². The maximum absolute atomic E-state index is 7.34. The Morgan fingerprint density at radius 3 is 1.16 bits per heavy atom. The molecule has 0 spiro atoms. The second kappa shape index (κ2) is 19.1. The van der Waals surface area contributed by atoms with Crippen LogP contribution in [0.1, 0.15) is 0 Å². The zero-order valence-corrected chi connectivity index (χ0v) is 46.7. The maximum atomic E-state index is 7.34. The Morgan fingerprint density at radius 1 is 0.174 bits per heavy atom. The maximum Gasteiger partial charge on any atom is 0.143 e. The Hall–Kier alpha value is -11.3. The molecule has 86 heavy (non-hydrogen) atoms. The van der Waals surface area contributed by atoms with Crippen LogP contribution in [-0.4, -0.2) is 0 Å². The fourth-order valence-corrected chi connectivity index (χ4v) is 14.7. The molecule has 2 nitrogen and oxygen atoms in total. The molecule has 0 fully saturated rings. The van der Waals surface area contributed by atoms with Crippen LogP contribution in [0.4, 0.5) is 0 Å². The summed E-state index contributed by atoms with van der Waals surface area (Å²) < 4.78 is 13.9. The summed E-state index contributed by atoms with van der Waals surface area (Å²) in [6, 6.07) is 111. The van der Waals surface area contributed by atoms with Crippen molar-refractivity contribution in [3.8, 4) is 77.9 Å². The van der Waals surface area contributed by atoms with E-state index in [0.29, 0.717) is 0 Å². The minimum atomic E-state index is 0.854. The summed E-state index contributed by atoms with van der Waals surface area (Å²) in [4.78, 5) is 0. The summed E-state index contributed by atoms with van der Waals surface area (Å²) in [7, 11) is 0. The van der Waals surface area contributed by atoms with Gasteiger partial charge in [0.25, 0.3) is 0 Å². The quantitative estimate of drug-likeness (QED) is 0.149. The van der Waals surface area contributed by atoms with Gasteiger partial charge in [0.1, 0.15) is 22.3 Å². The lowest BCUT2D eigenvalue weighted by atomic mass is 9.79. The Morgan fingerprint density at radius 2 is 0.581 bits per heavy atom. The van der Waals surface area contributed by atoms with E-state index in [0.717, 1.165) is 82.6 Å². The van der Waals surface area contributed by atoms with Crippen LogP contribution in [0.25, 0.3) is 186 Å². The molecule has 0 amide bonds. The standard InChI is InChI=1S/C84H50O2/c1-3-24-51(25-4-1)71-49-54(48-53-28-7-8-29-55(53)71)77-58-32-11-13-34-60(58)79(61-35-14-12-33-59(61)77)70-47-46-66(84-83(70)68-41-20-22-44-75(68)86-84)73-50-72(52-26-5-2-6-27-52)82(57-31-10-9-30-56(57)73)81-64-38-17-15-36-62(64)78(63-37-16-18-39-65(63)81)69-42-23-45-76-80(69)67-40-19-21-43-74(67)85-76/h1-50H. The Bertz CT molecular complexity index is 5710. The molecule has 18 rings (SSSR count). The molecule has 398 valence electrons. The van der Waals surface area contributed by atoms with Gasteiger partial charge < -0.3 is 8.83 Å². The molecule has 0 atom stereocenters. The fraction of sp³-hybridized carbons (Fsp3) is 0. The first kappa shape index (κ1) is 48.2. The molecule has 0 N–H and O–H groups in total. The summed E-state index contributed by atoms with van der Waals surface area (Å²) in [5, 5.41) is 18.7. The lowest BCUT2D eigenvalue weighted by Gasteiger charge is -2.23. The highest BCUT2D eigenvalue weighted by Gasteiger charge is 2.28. The fourth-order valence-electron chi connectivity index (χ4n) is 14.7. The Balaban J connectivity index is 0.906. The Labute approximate surface area is 495 Å². The van der Waals surface area contributed by atoms with Gasteiger partial charge in [-0.25, -0.2) is 0 Å². The van der Waals surface area contributed by atoms with Crippen molar-refractivity contribution in [1.82, 2.24) is 0 Å². The zero-order valence-electron chi connectivity index (χ0n) is 46.7. The number of benzene rings is 16. The highest BCUT2D eigenvalue weighted by Crippen LogP contribution is 2.54. The normalized spacial score (nSPS) is 12.0. The topological polar surface area (TPSA) is 26.3 Å². The van der Waals surface area contributed by atoms with Crippen LogP contribution < -0.4 is 0 Å². The van der Waals surface area contributed by atoms with Crippen LogP contribution >= 0.6 is 0 Å². The first-order valence-corrected chi connectivity index (χ1v) is 29.6. The van der Waals surface area contributed by atoms with Gasteiger partial charge in [-0.05, 0) is 179 Å². The van der Waals surface area contributed by atoms with Crippen LogP contribution in [0.5, 0.6) is 0 Å². The number of hydrogen-bond acceptors (Lipinski definition) is 2. The van der Waals surface area contributed by atoms with Crippen LogP contribution in [0.15, 0.2) is 312 Å². The molecule has 0 unspecified atom stereocenters. The van der Waals surface area contributed by atoms with E-state index < -0.39 is 0 Å². The Kier molecular flexibility index (Phi) is 10.7. The summed E-state index contributed by atoms with van der Waals surface area (Å²) in [5.74, 6) is 0. The molecule has 0 saturated heterocycles. The number of fused-ring (bicyclic) bond motifs is 12. The second-order valence-electron chi connectivity index (χ2n) is 22.8. The van der Waals surface area contributed by atoms with Gasteiger partial charge in [-0.3, -0.25) is 0 Å². The second-order valence-corrected chi connectivity index (χ2v) is 22.8. The van der Waals surface area contributed by atoms with Gasteiger partial charge in [0.15, 0.2) is 0 Å². The minimum absolute atomic E-state index is 0.854. The predicted molar refractivity (Wildman–Crippen MR) is 364 cm³/mol. The molecule has 16 aromatic carbocycles. The van der Waals surface area contributed by atoms with E-state index in [4.69, 9.17) is 8.83 Å². The van der Waals surface area contributed by atoms with E-state index in [2.05, 4.69) is 303 Å². The number of para-hydroxylation sites is 2. The average Bonchev–Trinajstić information content (AvgIpc) is 1.12. The van der Waals surface area contributed by atoms with Crippen LogP contribution in [0.2, 0.25) is 0 Å². The molecule has 0 aliphatic carbocycles. The van der Waals surface area contributed by atoms with Crippen LogP contribution in [0, 0.1) is 0 Å². The summed E-state index contributed by atoms with van der Waals surface area (Å²) >= 11 is 0. The third-order valence-corrected chi connectivity index (χ3v) is 18.2. The van der Waals surface area contributed by atoms with Crippen molar-refractivity contribution in [2.75, 3.05) is 0 Å². The summed E-state index contributed by atoms with van der Waals surface area (Å²) in [6.45, 7) is 0. The molecular formula is C84H50O2. The van der Waals surface area contributed by atoms with Crippen LogP contribution in [-0.2, 0) is 0 Å². The molecular weight excluding hydrogens is 1040 g/mol. The molecule has 0 aliphatic rings. The summed E-state index contributed by atoms with van der Waals surface area (Å²) in [6.07, 6.45) is 0. The van der Waals surface area contributed by atoms with Crippen molar-refractivity contribution in [3.63, 3.8) is 0 Å². The third-order valence-electron chi connectivity index (χ3n) is 18.2. The molecule has 2 heteroatoms. The van der Waals surface area contributed by atoms with Crippen molar-refractivity contribution in [2.45, 2.75) is 0 Å². The van der Waals surface area contributed by atoms with Crippen molar-refractivity contribution in [1.29, 1.82) is 0 Å². The average molecular weight is 1090 g/mol. The van der Waals surface area contributed by atoms with Crippen LogP contribution in [0.3, 0.4) is 0 Å². The largest absolute Gasteiger partial charge is 0.456 e. The van der Waals surface area contributed by atoms with Gasteiger partial charge in [0, 0.05) is 27.1 Å². The van der Waals surface area contributed by atoms with E-state index in [1.807, 2.05) is 0 Å². The molecule has 0 saturated carbocycles. The van der Waals surface area contributed by atoms with Crippen molar-refractivity contribution < 1.29 is 8.83 Å². The molecule has 0 bridgehead atoms.